The topological polar surface area (TPSA) is 44.0 Å². The van der Waals surface area contributed by atoms with Crippen LogP contribution in [-0.2, 0) is 5.60 Å². The van der Waals surface area contributed by atoms with E-state index < -0.39 is 11.5 Å². The lowest BCUT2D eigenvalue weighted by Crippen LogP contribution is -2.36. The van der Waals surface area contributed by atoms with E-state index in [1.165, 1.54) is 0 Å². The maximum atomic E-state index is 13.0. The molecule has 0 radical (unpaired) electrons. The highest BCUT2D eigenvalue weighted by Crippen LogP contribution is 2.43. The molecule has 0 aromatic heterocycles. The van der Waals surface area contributed by atoms with Crippen molar-refractivity contribution >= 4 is 0 Å². The van der Waals surface area contributed by atoms with Gasteiger partial charge in [0.1, 0.15) is 0 Å². The van der Waals surface area contributed by atoms with E-state index in [9.17, 15) is 13.9 Å². The van der Waals surface area contributed by atoms with Crippen LogP contribution < -0.4 is 0 Å². The summed E-state index contributed by atoms with van der Waals surface area (Å²) in [5.74, 6) is -2.65. The molecular weight excluding hydrogens is 224 g/mol. The van der Waals surface area contributed by atoms with E-state index in [0.29, 0.717) is 11.1 Å². The Balaban J connectivity index is 2.19. The Morgan fingerprint density at radius 2 is 1.59 bits per heavy atom. The van der Waals surface area contributed by atoms with Gasteiger partial charge in [0, 0.05) is 12.8 Å². The number of nitriles is 1. The van der Waals surface area contributed by atoms with E-state index >= 15 is 0 Å². The number of hydrogen-bond acceptors (Lipinski definition) is 2. The van der Waals surface area contributed by atoms with Crippen LogP contribution in [0.5, 0.6) is 0 Å². The Kier molecular flexibility index (Phi) is 2.88. The van der Waals surface area contributed by atoms with Crippen molar-refractivity contribution in [3.05, 3.63) is 35.4 Å². The first-order valence-corrected chi connectivity index (χ1v) is 5.56. The largest absolute Gasteiger partial charge is 0.385 e. The van der Waals surface area contributed by atoms with Crippen LogP contribution in [0.4, 0.5) is 8.78 Å². The van der Waals surface area contributed by atoms with E-state index in [2.05, 4.69) is 0 Å². The summed E-state index contributed by atoms with van der Waals surface area (Å²) in [4.78, 5) is 0. The fraction of sp³-hybridized carbons (Fsp3) is 0.462. The minimum atomic E-state index is -2.65. The molecule has 2 nitrogen and oxygen atoms in total. The predicted octanol–water partition coefficient (Wildman–Crippen LogP) is 2.96. The van der Waals surface area contributed by atoms with Crippen molar-refractivity contribution in [3.8, 4) is 6.07 Å². The molecule has 0 amide bonds. The monoisotopic (exact) mass is 237 g/mol. The molecule has 4 heteroatoms. The van der Waals surface area contributed by atoms with Crippen LogP contribution in [0.3, 0.4) is 0 Å². The summed E-state index contributed by atoms with van der Waals surface area (Å²) in [5, 5.41) is 19.0. The first-order valence-electron chi connectivity index (χ1n) is 5.56. The van der Waals surface area contributed by atoms with Gasteiger partial charge >= 0.3 is 0 Å². The summed E-state index contributed by atoms with van der Waals surface area (Å²) >= 11 is 0. The first kappa shape index (κ1) is 12.0. The minimum Gasteiger partial charge on any atom is -0.385 e. The van der Waals surface area contributed by atoms with Gasteiger partial charge < -0.3 is 5.11 Å². The summed E-state index contributed by atoms with van der Waals surface area (Å²) in [6.07, 6.45) is -0.454. The minimum absolute atomic E-state index is 0.0614. The van der Waals surface area contributed by atoms with Crippen LogP contribution in [0.15, 0.2) is 24.3 Å². The SMILES string of the molecule is N#Cc1ccc(C2(O)CCC(F)(F)CC2)cc1. The molecule has 1 N–H and O–H groups in total. The molecule has 1 fully saturated rings. The summed E-state index contributed by atoms with van der Waals surface area (Å²) < 4.78 is 26.1. The molecule has 17 heavy (non-hydrogen) atoms. The number of aliphatic hydroxyl groups is 1. The van der Waals surface area contributed by atoms with E-state index in [1.54, 1.807) is 24.3 Å². The fourth-order valence-electron chi connectivity index (χ4n) is 2.17. The van der Waals surface area contributed by atoms with Gasteiger partial charge in [-0.15, -0.1) is 0 Å². The van der Waals surface area contributed by atoms with Gasteiger partial charge in [-0.25, -0.2) is 8.78 Å². The second-order valence-corrected chi connectivity index (χ2v) is 4.58. The number of benzene rings is 1. The lowest BCUT2D eigenvalue weighted by Gasteiger charge is -2.36. The van der Waals surface area contributed by atoms with Crippen molar-refractivity contribution in [1.82, 2.24) is 0 Å². The van der Waals surface area contributed by atoms with E-state index in [-0.39, 0.29) is 25.7 Å². The van der Waals surface area contributed by atoms with Crippen molar-refractivity contribution in [1.29, 1.82) is 5.26 Å². The van der Waals surface area contributed by atoms with E-state index in [0.717, 1.165) is 0 Å². The number of alkyl halides is 2. The second kappa shape index (κ2) is 4.08. The third-order valence-corrected chi connectivity index (χ3v) is 3.36. The molecule has 0 atom stereocenters. The zero-order valence-electron chi connectivity index (χ0n) is 9.29. The molecule has 0 unspecified atom stereocenters. The summed E-state index contributed by atoms with van der Waals surface area (Å²) in [7, 11) is 0. The van der Waals surface area contributed by atoms with Crippen LogP contribution in [0, 0.1) is 11.3 Å². The van der Waals surface area contributed by atoms with Crippen molar-refractivity contribution < 1.29 is 13.9 Å². The highest BCUT2D eigenvalue weighted by Gasteiger charge is 2.43. The Morgan fingerprint density at radius 3 is 2.06 bits per heavy atom. The Labute approximate surface area is 98.5 Å². The van der Waals surface area contributed by atoms with E-state index in [1.807, 2.05) is 6.07 Å². The zero-order valence-corrected chi connectivity index (χ0v) is 9.29. The number of nitrogens with zero attached hydrogens (tertiary/aromatic N) is 1. The quantitative estimate of drug-likeness (QED) is 0.816. The molecule has 0 heterocycles. The van der Waals surface area contributed by atoms with Crippen LogP contribution in [0.2, 0.25) is 0 Å². The van der Waals surface area contributed by atoms with Gasteiger partial charge in [-0.2, -0.15) is 5.26 Å². The average Bonchev–Trinajstić information content (AvgIpc) is 2.34. The maximum absolute atomic E-state index is 13.0. The molecule has 0 bridgehead atoms. The van der Waals surface area contributed by atoms with Crippen molar-refractivity contribution in [2.75, 3.05) is 0 Å². The predicted molar refractivity (Wildman–Crippen MR) is 58.5 cm³/mol. The third kappa shape index (κ3) is 2.45. The van der Waals surface area contributed by atoms with Crippen LogP contribution in [0.1, 0.15) is 36.8 Å². The number of halogens is 2. The molecule has 1 aromatic carbocycles. The fourth-order valence-corrected chi connectivity index (χ4v) is 2.17. The number of hydrogen-bond donors (Lipinski definition) is 1. The Morgan fingerprint density at radius 1 is 1.06 bits per heavy atom. The van der Waals surface area contributed by atoms with Gasteiger partial charge in [0.15, 0.2) is 0 Å². The Hall–Kier alpha value is -1.47. The van der Waals surface area contributed by atoms with Gasteiger partial charge in [-0.05, 0) is 30.5 Å². The molecule has 0 aliphatic heterocycles. The summed E-state index contributed by atoms with van der Waals surface area (Å²) in [6.45, 7) is 0. The lowest BCUT2D eigenvalue weighted by atomic mass is 9.78. The highest BCUT2D eigenvalue weighted by atomic mass is 19.3. The van der Waals surface area contributed by atoms with Crippen molar-refractivity contribution in [3.63, 3.8) is 0 Å². The normalized spacial score (nSPS) is 21.8. The average molecular weight is 237 g/mol. The molecule has 1 aromatic rings. The van der Waals surface area contributed by atoms with E-state index in [4.69, 9.17) is 5.26 Å². The third-order valence-electron chi connectivity index (χ3n) is 3.36. The van der Waals surface area contributed by atoms with Crippen molar-refractivity contribution in [2.45, 2.75) is 37.2 Å². The zero-order chi connectivity index (χ0) is 12.5. The van der Waals surface area contributed by atoms with Gasteiger partial charge in [0.05, 0.1) is 17.2 Å². The van der Waals surface area contributed by atoms with Crippen LogP contribution >= 0.6 is 0 Å². The smallest absolute Gasteiger partial charge is 0.248 e. The van der Waals surface area contributed by atoms with Gasteiger partial charge in [-0.1, -0.05) is 12.1 Å². The molecule has 2 rings (SSSR count). The lowest BCUT2D eigenvalue weighted by molar-refractivity contribution is -0.107. The van der Waals surface area contributed by atoms with Crippen molar-refractivity contribution in [2.24, 2.45) is 0 Å². The Bertz CT molecular complexity index is 437. The molecule has 0 saturated heterocycles. The summed E-state index contributed by atoms with van der Waals surface area (Å²) in [5.41, 5.74) is -0.0548. The molecule has 1 aliphatic rings. The maximum Gasteiger partial charge on any atom is 0.248 e. The molecule has 90 valence electrons. The molecule has 1 aliphatic carbocycles. The molecular formula is C13H13F2NO. The summed E-state index contributed by atoms with van der Waals surface area (Å²) in [6, 6.07) is 8.46. The van der Waals surface area contributed by atoms with Crippen LogP contribution in [-0.4, -0.2) is 11.0 Å². The molecule has 0 spiro atoms. The van der Waals surface area contributed by atoms with Crippen LogP contribution in [0.25, 0.3) is 0 Å². The first-order chi connectivity index (χ1) is 7.95. The van der Waals surface area contributed by atoms with Gasteiger partial charge in [-0.3, -0.25) is 0 Å². The second-order valence-electron chi connectivity index (χ2n) is 4.58. The highest BCUT2D eigenvalue weighted by molar-refractivity contribution is 5.34. The standard InChI is InChI=1S/C13H13F2NO/c14-13(15)7-5-12(17,6-8-13)11-3-1-10(9-16)2-4-11/h1-4,17H,5-8H2. The number of rotatable bonds is 1. The van der Waals surface area contributed by atoms with Gasteiger partial charge in [0.25, 0.3) is 0 Å². The molecule has 1 saturated carbocycles. The van der Waals surface area contributed by atoms with Gasteiger partial charge in [0.2, 0.25) is 5.92 Å².